The molecular weight excluding hydrogens is 410 g/mol. The Morgan fingerprint density at radius 3 is 2.26 bits per heavy atom. The fourth-order valence-electron chi connectivity index (χ4n) is 2.31. The molecule has 2 aromatic rings. The van der Waals surface area contributed by atoms with Crippen molar-refractivity contribution in [2.24, 2.45) is 0 Å². The van der Waals surface area contributed by atoms with Crippen molar-refractivity contribution in [3.05, 3.63) is 58.1 Å². The summed E-state index contributed by atoms with van der Waals surface area (Å²) in [6.45, 7) is 7.70. The first-order valence-corrected chi connectivity index (χ1v) is 9.58. The summed E-state index contributed by atoms with van der Waals surface area (Å²) < 4.78 is 11.5. The number of amides is 1. The number of benzene rings is 2. The monoisotopic (exact) mass is 433 g/mol. The molecule has 0 aliphatic carbocycles. The summed E-state index contributed by atoms with van der Waals surface area (Å²) >= 11 is 3.47. The molecule has 0 spiro atoms. The van der Waals surface area contributed by atoms with Crippen LogP contribution >= 0.6 is 15.9 Å². The van der Waals surface area contributed by atoms with Gasteiger partial charge in [-0.05, 0) is 77.7 Å². The number of halogens is 1. The number of ether oxygens (including phenoxy) is 2. The SMILES string of the molecule is CC(C)OC(=O)c1ccc(NC(=O)COc2ccc(C(C)C)cc2Br)cc1. The smallest absolute Gasteiger partial charge is 0.338 e. The summed E-state index contributed by atoms with van der Waals surface area (Å²) in [6, 6.07) is 12.4. The molecule has 0 fully saturated rings. The van der Waals surface area contributed by atoms with Gasteiger partial charge in [0.05, 0.1) is 16.1 Å². The van der Waals surface area contributed by atoms with Crippen LogP contribution in [0.4, 0.5) is 5.69 Å². The highest BCUT2D eigenvalue weighted by Gasteiger charge is 2.11. The molecule has 0 unspecified atom stereocenters. The van der Waals surface area contributed by atoms with Crippen molar-refractivity contribution in [1.82, 2.24) is 0 Å². The van der Waals surface area contributed by atoms with Crippen molar-refractivity contribution in [3.63, 3.8) is 0 Å². The molecule has 144 valence electrons. The van der Waals surface area contributed by atoms with Crippen LogP contribution in [0.3, 0.4) is 0 Å². The van der Waals surface area contributed by atoms with E-state index in [1.54, 1.807) is 38.1 Å². The Hall–Kier alpha value is -2.34. The summed E-state index contributed by atoms with van der Waals surface area (Å²) in [5, 5.41) is 2.74. The molecule has 1 amide bonds. The molecule has 0 saturated heterocycles. The minimum atomic E-state index is -0.388. The van der Waals surface area contributed by atoms with Crippen molar-refractivity contribution < 1.29 is 19.1 Å². The van der Waals surface area contributed by atoms with Crippen molar-refractivity contribution in [3.8, 4) is 5.75 Å². The maximum atomic E-state index is 12.1. The molecular formula is C21H24BrNO4. The summed E-state index contributed by atoms with van der Waals surface area (Å²) in [4.78, 5) is 23.9. The maximum absolute atomic E-state index is 12.1. The van der Waals surface area contributed by atoms with E-state index in [1.807, 2.05) is 18.2 Å². The van der Waals surface area contributed by atoms with E-state index in [4.69, 9.17) is 9.47 Å². The molecule has 0 heterocycles. The average molecular weight is 434 g/mol. The molecule has 2 aromatic carbocycles. The Kier molecular flexibility index (Phi) is 7.42. The van der Waals surface area contributed by atoms with E-state index in [-0.39, 0.29) is 24.6 Å². The lowest BCUT2D eigenvalue weighted by Gasteiger charge is -2.12. The van der Waals surface area contributed by atoms with Gasteiger partial charge in [0.2, 0.25) is 0 Å². The third kappa shape index (κ3) is 6.40. The second kappa shape index (κ2) is 9.55. The summed E-state index contributed by atoms with van der Waals surface area (Å²) in [7, 11) is 0. The van der Waals surface area contributed by atoms with Crippen LogP contribution in [0.2, 0.25) is 0 Å². The molecule has 0 aromatic heterocycles. The van der Waals surface area contributed by atoms with E-state index in [9.17, 15) is 9.59 Å². The highest BCUT2D eigenvalue weighted by molar-refractivity contribution is 9.10. The quantitative estimate of drug-likeness (QED) is 0.612. The van der Waals surface area contributed by atoms with E-state index >= 15 is 0 Å². The fourth-order valence-corrected chi connectivity index (χ4v) is 2.82. The lowest BCUT2D eigenvalue weighted by molar-refractivity contribution is -0.118. The van der Waals surface area contributed by atoms with Gasteiger partial charge in [0.15, 0.2) is 6.61 Å². The predicted octanol–water partition coefficient (Wildman–Crippen LogP) is 5.16. The van der Waals surface area contributed by atoms with Gasteiger partial charge >= 0.3 is 5.97 Å². The lowest BCUT2D eigenvalue weighted by Crippen LogP contribution is -2.20. The lowest BCUT2D eigenvalue weighted by atomic mass is 10.0. The van der Waals surface area contributed by atoms with Gasteiger partial charge in [0, 0.05) is 5.69 Å². The van der Waals surface area contributed by atoms with Crippen LogP contribution in [-0.2, 0) is 9.53 Å². The molecule has 0 aliphatic heterocycles. The highest BCUT2D eigenvalue weighted by atomic mass is 79.9. The number of nitrogens with one attached hydrogen (secondary N) is 1. The van der Waals surface area contributed by atoms with E-state index < -0.39 is 0 Å². The zero-order chi connectivity index (χ0) is 20.0. The molecule has 6 heteroatoms. The van der Waals surface area contributed by atoms with Gasteiger partial charge in [-0.3, -0.25) is 4.79 Å². The molecule has 0 bridgehead atoms. The molecule has 0 aliphatic rings. The maximum Gasteiger partial charge on any atom is 0.338 e. The molecule has 27 heavy (non-hydrogen) atoms. The molecule has 1 N–H and O–H groups in total. The van der Waals surface area contributed by atoms with Gasteiger partial charge in [-0.1, -0.05) is 19.9 Å². The van der Waals surface area contributed by atoms with E-state index in [0.29, 0.717) is 22.9 Å². The van der Waals surface area contributed by atoms with Crippen LogP contribution < -0.4 is 10.1 Å². The molecule has 0 saturated carbocycles. The Labute approximate surface area is 168 Å². The highest BCUT2D eigenvalue weighted by Crippen LogP contribution is 2.28. The third-order valence-corrected chi connectivity index (χ3v) is 4.35. The van der Waals surface area contributed by atoms with Crippen LogP contribution in [0.15, 0.2) is 46.9 Å². The van der Waals surface area contributed by atoms with Gasteiger partial charge in [-0.2, -0.15) is 0 Å². The van der Waals surface area contributed by atoms with Crippen LogP contribution in [0.5, 0.6) is 5.75 Å². The topological polar surface area (TPSA) is 64.6 Å². The standard InChI is InChI=1S/C21H24BrNO4/c1-13(2)16-7-10-19(18(22)11-16)26-12-20(24)23-17-8-5-15(6-9-17)21(25)27-14(3)4/h5-11,13-14H,12H2,1-4H3,(H,23,24). The summed E-state index contributed by atoms with van der Waals surface area (Å²) in [5.74, 6) is 0.356. The van der Waals surface area contributed by atoms with Crippen LogP contribution in [0.25, 0.3) is 0 Å². The van der Waals surface area contributed by atoms with Crippen LogP contribution in [-0.4, -0.2) is 24.6 Å². The van der Waals surface area contributed by atoms with Crippen LogP contribution in [0.1, 0.15) is 49.5 Å². The number of carbonyl (C=O) groups is 2. The number of anilines is 1. The molecule has 5 nitrogen and oxygen atoms in total. The van der Waals surface area contributed by atoms with E-state index in [2.05, 4.69) is 35.1 Å². The Morgan fingerprint density at radius 2 is 1.70 bits per heavy atom. The van der Waals surface area contributed by atoms with Crippen molar-refractivity contribution in [2.45, 2.75) is 39.7 Å². The van der Waals surface area contributed by atoms with E-state index in [0.717, 1.165) is 4.47 Å². The second-order valence-corrected chi connectivity index (χ2v) is 7.57. The Bertz CT molecular complexity index is 800. The van der Waals surface area contributed by atoms with Gasteiger partial charge in [0.25, 0.3) is 5.91 Å². The number of carbonyl (C=O) groups excluding carboxylic acids is 2. The second-order valence-electron chi connectivity index (χ2n) is 6.71. The number of hydrogen-bond acceptors (Lipinski definition) is 4. The first-order valence-electron chi connectivity index (χ1n) is 8.79. The molecule has 0 atom stereocenters. The van der Waals surface area contributed by atoms with Gasteiger partial charge < -0.3 is 14.8 Å². The van der Waals surface area contributed by atoms with Crippen molar-refractivity contribution in [1.29, 1.82) is 0 Å². The Balaban J connectivity index is 1.89. The van der Waals surface area contributed by atoms with Gasteiger partial charge in [0.1, 0.15) is 5.75 Å². The largest absolute Gasteiger partial charge is 0.483 e. The van der Waals surface area contributed by atoms with Crippen LogP contribution in [0, 0.1) is 0 Å². The average Bonchev–Trinajstić information content (AvgIpc) is 2.60. The molecule has 0 radical (unpaired) electrons. The normalized spacial score (nSPS) is 10.8. The number of esters is 1. The minimum Gasteiger partial charge on any atom is -0.483 e. The number of hydrogen-bond donors (Lipinski definition) is 1. The van der Waals surface area contributed by atoms with Gasteiger partial charge in [-0.25, -0.2) is 4.79 Å². The first kappa shape index (κ1) is 21.0. The third-order valence-electron chi connectivity index (χ3n) is 3.73. The zero-order valence-electron chi connectivity index (χ0n) is 15.9. The molecule has 2 rings (SSSR count). The zero-order valence-corrected chi connectivity index (χ0v) is 17.5. The van der Waals surface area contributed by atoms with Crippen molar-refractivity contribution in [2.75, 3.05) is 11.9 Å². The Morgan fingerprint density at radius 1 is 1.04 bits per heavy atom. The minimum absolute atomic E-state index is 0.114. The predicted molar refractivity (Wildman–Crippen MR) is 109 cm³/mol. The number of rotatable bonds is 7. The van der Waals surface area contributed by atoms with Crippen molar-refractivity contribution >= 4 is 33.5 Å². The summed E-state index contributed by atoms with van der Waals surface area (Å²) in [6.07, 6.45) is -0.178. The van der Waals surface area contributed by atoms with E-state index in [1.165, 1.54) is 5.56 Å². The summed E-state index contributed by atoms with van der Waals surface area (Å²) in [5.41, 5.74) is 2.21. The fraction of sp³-hybridized carbons (Fsp3) is 0.333. The van der Waals surface area contributed by atoms with Gasteiger partial charge in [-0.15, -0.1) is 0 Å². The first-order chi connectivity index (χ1) is 12.8.